The first-order valence-corrected chi connectivity index (χ1v) is 16.0. The third kappa shape index (κ3) is 7.75. The summed E-state index contributed by atoms with van der Waals surface area (Å²) in [6.45, 7) is 3.65. The molecule has 0 radical (unpaired) electrons. The summed E-state index contributed by atoms with van der Waals surface area (Å²) in [4.78, 5) is 17.1. The molecule has 0 bridgehead atoms. The summed E-state index contributed by atoms with van der Waals surface area (Å²) in [5, 5.41) is 12.8. The molecule has 1 fully saturated rings. The lowest BCUT2D eigenvalue weighted by atomic mass is 10.0. The minimum absolute atomic E-state index is 0.0298. The minimum atomic E-state index is -0.697. The maximum Gasteiger partial charge on any atom is 0.411 e. The van der Waals surface area contributed by atoms with Crippen molar-refractivity contribution in [3.8, 4) is 22.6 Å². The highest BCUT2D eigenvalue weighted by atomic mass is 32.2. The summed E-state index contributed by atoms with van der Waals surface area (Å²) in [5.74, 6) is 1.29. The molecule has 1 amide bonds. The lowest BCUT2D eigenvalue weighted by Crippen LogP contribution is -2.31. The van der Waals surface area contributed by atoms with E-state index in [1.807, 2.05) is 103 Å². The Morgan fingerprint density at radius 1 is 0.935 bits per heavy atom. The quantitative estimate of drug-likeness (QED) is 0.110. The number of oxazole rings is 1. The Bertz CT molecular complexity index is 1690. The van der Waals surface area contributed by atoms with Gasteiger partial charge < -0.3 is 23.7 Å². The molecule has 1 saturated heterocycles. The van der Waals surface area contributed by atoms with Crippen LogP contribution in [0.2, 0.25) is 0 Å². The van der Waals surface area contributed by atoms with Crippen molar-refractivity contribution in [2.75, 3.05) is 17.7 Å². The number of nitrogens with one attached hydrogen (secondary N) is 1. The van der Waals surface area contributed by atoms with Gasteiger partial charge in [-0.2, -0.15) is 0 Å². The largest absolute Gasteiger partial charge is 0.445 e. The van der Waals surface area contributed by atoms with Crippen molar-refractivity contribution in [3.63, 3.8) is 0 Å². The van der Waals surface area contributed by atoms with Crippen molar-refractivity contribution in [3.05, 3.63) is 139 Å². The van der Waals surface area contributed by atoms with Crippen LogP contribution in [0.5, 0.6) is 0 Å². The fourth-order valence-electron chi connectivity index (χ4n) is 5.18. The van der Waals surface area contributed by atoms with Gasteiger partial charge in [0.25, 0.3) is 5.22 Å². The molecule has 2 heterocycles. The Morgan fingerprint density at radius 2 is 1.67 bits per heavy atom. The number of rotatable bonds is 11. The number of amides is 1. The molecule has 4 aromatic carbocycles. The van der Waals surface area contributed by atoms with E-state index in [2.05, 4.69) is 11.9 Å². The van der Waals surface area contributed by atoms with Crippen LogP contribution in [0.25, 0.3) is 22.6 Å². The number of anilines is 1. The smallest absolute Gasteiger partial charge is 0.411 e. The number of aliphatic hydroxyl groups excluding tert-OH is 1. The van der Waals surface area contributed by atoms with Crippen molar-refractivity contribution in [2.45, 2.75) is 36.7 Å². The summed E-state index contributed by atoms with van der Waals surface area (Å²) < 4.78 is 24.4. The molecule has 6 rings (SSSR count). The van der Waals surface area contributed by atoms with Crippen molar-refractivity contribution in [2.24, 2.45) is 0 Å². The van der Waals surface area contributed by atoms with Crippen LogP contribution in [0.1, 0.15) is 35.5 Å². The average Bonchev–Trinajstić information content (AvgIpc) is 3.55. The van der Waals surface area contributed by atoms with Crippen LogP contribution in [0.15, 0.2) is 131 Å². The van der Waals surface area contributed by atoms with Crippen LogP contribution < -0.4 is 5.32 Å². The van der Waals surface area contributed by atoms with Gasteiger partial charge in [0.15, 0.2) is 12.1 Å². The average molecular weight is 635 g/mol. The van der Waals surface area contributed by atoms with Crippen molar-refractivity contribution in [1.82, 2.24) is 4.98 Å². The van der Waals surface area contributed by atoms with E-state index in [1.165, 1.54) is 17.8 Å². The Labute approximate surface area is 272 Å². The third-order valence-electron chi connectivity index (χ3n) is 7.44. The lowest BCUT2D eigenvalue weighted by Gasteiger charge is -2.36. The molecule has 1 aromatic heterocycles. The van der Waals surface area contributed by atoms with Gasteiger partial charge in [-0.05, 0) is 23.3 Å². The van der Waals surface area contributed by atoms with Gasteiger partial charge in [-0.25, -0.2) is 9.78 Å². The number of carbonyl (C=O) groups is 1. The highest BCUT2D eigenvalue weighted by molar-refractivity contribution is 7.99. The van der Waals surface area contributed by atoms with Crippen molar-refractivity contribution in [1.29, 1.82) is 0 Å². The Hall–Kier alpha value is -4.67. The van der Waals surface area contributed by atoms with Crippen molar-refractivity contribution >= 4 is 23.5 Å². The molecule has 2 N–H and O–H groups in total. The van der Waals surface area contributed by atoms with Gasteiger partial charge in [0.1, 0.15) is 12.3 Å². The molecule has 3 unspecified atom stereocenters. The van der Waals surface area contributed by atoms with Crippen LogP contribution in [0.4, 0.5) is 10.5 Å². The molecule has 1 aliphatic rings. The molecule has 46 heavy (non-hydrogen) atoms. The number of hydrogen-bond donors (Lipinski definition) is 2. The normalized spacial score (nSPS) is 17.7. The van der Waals surface area contributed by atoms with Crippen LogP contribution in [-0.2, 0) is 20.8 Å². The van der Waals surface area contributed by atoms with E-state index in [4.69, 9.17) is 23.6 Å². The molecule has 1 aliphatic heterocycles. The predicted molar refractivity (Wildman–Crippen MR) is 178 cm³/mol. The SMILES string of the molecule is C=CCOC(=O)Nc1cccc(C2OC(CSc3nc(-c4ccccc4)c(-c4ccccc4)o3)CC(c3ccc(CO)cc3)O2)c1. The zero-order valence-electron chi connectivity index (χ0n) is 25.1. The molecule has 5 aromatic rings. The topological polar surface area (TPSA) is 103 Å². The third-order valence-corrected chi connectivity index (χ3v) is 8.40. The fourth-order valence-corrected chi connectivity index (χ4v) is 6.02. The summed E-state index contributed by atoms with van der Waals surface area (Å²) in [5.41, 5.74) is 5.84. The van der Waals surface area contributed by atoms with Crippen LogP contribution in [0.3, 0.4) is 0 Å². The maximum atomic E-state index is 12.1. The molecular weight excluding hydrogens is 600 g/mol. The first kappa shape index (κ1) is 31.3. The number of benzene rings is 4. The van der Waals surface area contributed by atoms with Gasteiger partial charge in [-0.1, -0.05) is 121 Å². The van der Waals surface area contributed by atoms with E-state index in [9.17, 15) is 9.90 Å². The molecule has 8 nitrogen and oxygen atoms in total. The Balaban J connectivity index is 1.24. The molecule has 234 valence electrons. The van der Waals surface area contributed by atoms with Crippen LogP contribution >= 0.6 is 11.8 Å². The fraction of sp³-hybridized carbons (Fsp3) is 0.189. The van der Waals surface area contributed by atoms with E-state index in [0.717, 1.165) is 39.3 Å². The van der Waals surface area contributed by atoms with Gasteiger partial charge in [-0.3, -0.25) is 5.32 Å². The van der Waals surface area contributed by atoms with Crippen LogP contribution in [0, 0.1) is 0 Å². The first-order valence-electron chi connectivity index (χ1n) is 15.0. The summed E-state index contributed by atoms with van der Waals surface area (Å²) in [6.07, 6.45) is 0.356. The number of aromatic nitrogens is 1. The predicted octanol–water partition coefficient (Wildman–Crippen LogP) is 8.57. The summed E-state index contributed by atoms with van der Waals surface area (Å²) in [7, 11) is 0. The van der Waals surface area contributed by atoms with E-state index in [0.29, 0.717) is 23.1 Å². The van der Waals surface area contributed by atoms with Gasteiger partial charge >= 0.3 is 6.09 Å². The lowest BCUT2D eigenvalue weighted by molar-refractivity contribution is -0.245. The van der Waals surface area contributed by atoms with Gasteiger partial charge in [0.2, 0.25) is 0 Å². The zero-order chi connectivity index (χ0) is 31.7. The van der Waals surface area contributed by atoms with Crippen LogP contribution in [-0.4, -0.2) is 34.6 Å². The molecule has 0 spiro atoms. The molecule has 0 saturated carbocycles. The molecule has 0 aliphatic carbocycles. The number of aliphatic hydroxyl groups is 1. The van der Waals surface area contributed by atoms with E-state index >= 15 is 0 Å². The monoisotopic (exact) mass is 634 g/mol. The number of thioether (sulfide) groups is 1. The molecule has 3 atom stereocenters. The standard InChI is InChI=1S/C37H34N2O6S/c1-2-20-42-36(41)38-30-15-9-14-29(21-30)35-43-31(22-32(44-35)26-18-16-25(23-40)17-19-26)24-46-37-39-33(27-10-5-3-6-11-27)34(45-37)28-12-7-4-8-13-28/h2-19,21,31-32,35,40H,1,20,22-24H2,(H,38,41). The second kappa shape index (κ2) is 15.1. The summed E-state index contributed by atoms with van der Waals surface area (Å²) in [6, 6.07) is 35.1. The van der Waals surface area contributed by atoms with E-state index < -0.39 is 12.4 Å². The number of hydrogen-bond acceptors (Lipinski definition) is 8. The van der Waals surface area contributed by atoms with Gasteiger partial charge in [0.05, 0.1) is 18.8 Å². The second-order valence-corrected chi connectivity index (χ2v) is 11.7. The number of nitrogens with zero attached hydrogens (tertiary/aromatic N) is 1. The highest BCUT2D eigenvalue weighted by Crippen LogP contribution is 2.41. The molecular formula is C37H34N2O6S. The second-order valence-electron chi connectivity index (χ2n) is 10.7. The van der Waals surface area contributed by atoms with E-state index in [-0.39, 0.29) is 25.4 Å². The van der Waals surface area contributed by atoms with Crippen molar-refractivity contribution < 1.29 is 28.5 Å². The summed E-state index contributed by atoms with van der Waals surface area (Å²) >= 11 is 1.50. The molecule has 9 heteroatoms. The number of ether oxygens (including phenoxy) is 3. The van der Waals surface area contributed by atoms with E-state index in [1.54, 1.807) is 6.07 Å². The first-order chi connectivity index (χ1) is 22.6. The minimum Gasteiger partial charge on any atom is -0.445 e. The number of carbonyl (C=O) groups excluding carboxylic acids is 1. The Kier molecular flexibility index (Phi) is 10.3. The highest BCUT2D eigenvalue weighted by Gasteiger charge is 2.33. The Morgan fingerprint density at radius 3 is 2.39 bits per heavy atom. The maximum absolute atomic E-state index is 12.1. The van der Waals surface area contributed by atoms with Gasteiger partial charge in [0, 0.05) is 34.6 Å². The zero-order valence-corrected chi connectivity index (χ0v) is 25.9. The van der Waals surface area contributed by atoms with Gasteiger partial charge in [-0.15, -0.1) is 0 Å².